The van der Waals surface area contributed by atoms with Crippen molar-refractivity contribution < 1.29 is 19.4 Å². The summed E-state index contributed by atoms with van der Waals surface area (Å²) in [5, 5.41) is 11.5. The van der Waals surface area contributed by atoms with Crippen molar-refractivity contribution in [3.05, 3.63) is 29.8 Å². The smallest absolute Gasteiger partial charge is 0.304 e. The Bertz CT molecular complexity index is 468. The zero-order valence-corrected chi connectivity index (χ0v) is 11.4. The number of carboxylic acid groups (broad SMARTS) is 1. The van der Waals surface area contributed by atoms with Crippen molar-refractivity contribution in [3.8, 4) is 5.75 Å². The van der Waals surface area contributed by atoms with E-state index in [-0.39, 0.29) is 12.3 Å². The van der Waals surface area contributed by atoms with Gasteiger partial charge in [0.25, 0.3) is 0 Å². The maximum atomic E-state index is 12.0. The van der Waals surface area contributed by atoms with Gasteiger partial charge in [-0.25, -0.2) is 0 Å². The second-order valence-electron chi connectivity index (χ2n) is 4.95. The second-order valence-corrected chi connectivity index (χ2v) is 4.95. The van der Waals surface area contributed by atoms with Crippen molar-refractivity contribution in [2.45, 2.75) is 26.8 Å². The van der Waals surface area contributed by atoms with Crippen LogP contribution in [0.15, 0.2) is 24.3 Å². The number of methoxy groups -OCH3 is 1. The maximum absolute atomic E-state index is 12.0. The zero-order chi connectivity index (χ0) is 14.5. The van der Waals surface area contributed by atoms with Gasteiger partial charge in [0.15, 0.2) is 0 Å². The SMILES string of the molecule is COc1ccccc1CNC(=O)C(C)(C)CC(=O)O. The van der Waals surface area contributed by atoms with Crippen LogP contribution in [0.2, 0.25) is 0 Å². The number of rotatable bonds is 6. The molecule has 0 heterocycles. The zero-order valence-electron chi connectivity index (χ0n) is 11.4. The largest absolute Gasteiger partial charge is 0.496 e. The molecule has 1 rings (SSSR count). The molecule has 0 aliphatic rings. The number of nitrogens with one attached hydrogen (secondary N) is 1. The molecular weight excluding hydrogens is 246 g/mol. The van der Waals surface area contributed by atoms with Crippen molar-refractivity contribution in [2.24, 2.45) is 5.41 Å². The number of carbonyl (C=O) groups is 2. The van der Waals surface area contributed by atoms with Crippen LogP contribution in [0.5, 0.6) is 5.75 Å². The van der Waals surface area contributed by atoms with E-state index in [9.17, 15) is 9.59 Å². The molecule has 104 valence electrons. The number of amides is 1. The molecule has 0 radical (unpaired) electrons. The Morgan fingerprint density at radius 3 is 2.53 bits per heavy atom. The number of hydrogen-bond acceptors (Lipinski definition) is 3. The highest BCUT2D eigenvalue weighted by molar-refractivity contribution is 5.86. The molecule has 0 fully saturated rings. The number of para-hydroxylation sites is 1. The minimum atomic E-state index is -0.988. The maximum Gasteiger partial charge on any atom is 0.304 e. The fraction of sp³-hybridized carbons (Fsp3) is 0.429. The molecule has 0 atom stereocenters. The highest BCUT2D eigenvalue weighted by atomic mass is 16.5. The Kier molecular flexibility index (Phi) is 4.92. The molecule has 5 nitrogen and oxygen atoms in total. The molecule has 5 heteroatoms. The molecule has 1 aromatic rings. The van der Waals surface area contributed by atoms with Crippen molar-refractivity contribution in [2.75, 3.05) is 7.11 Å². The van der Waals surface area contributed by atoms with Gasteiger partial charge in [-0.3, -0.25) is 9.59 Å². The van der Waals surface area contributed by atoms with Gasteiger partial charge in [-0.2, -0.15) is 0 Å². The molecule has 0 saturated carbocycles. The first kappa shape index (κ1) is 15.0. The fourth-order valence-corrected chi connectivity index (χ4v) is 1.72. The molecule has 0 aliphatic carbocycles. The summed E-state index contributed by atoms with van der Waals surface area (Å²) in [4.78, 5) is 22.7. The van der Waals surface area contributed by atoms with Gasteiger partial charge < -0.3 is 15.2 Å². The molecule has 19 heavy (non-hydrogen) atoms. The van der Waals surface area contributed by atoms with Crippen LogP contribution in [0.25, 0.3) is 0 Å². The fourth-order valence-electron chi connectivity index (χ4n) is 1.72. The Hall–Kier alpha value is -2.04. The van der Waals surface area contributed by atoms with E-state index in [1.54, 1.807) is 21.0 Å². The predicted molar refractivity (Wildman–Crippen MR) is 70.9 cm³/mol. The van der Waals surface area contributed by atoms with Crippen LogP contribution < -0.4 is 10.1 Å². The normalized spacial score (nSPS) is 10.9. The molecule has 0 spiro atoms. The van der Waals surface area contributed by atoms with Gasteiger partial charge in [0.05, 0.1) is 18.9 Å². The van der Waals surface area contributed by atoms with Gasteiger partial charge in [0.1, 0.15) is 5.75 Å². The summed E-state index contributed by atoms with van der Waals surface area (Å²) in [5.74, 6) is -0.586. The first-order valence-electron chi connectivity index (χ1n) is 5.99. The molecule has 1 aromatic carbocycles. The highest BCUT2D eigenvalue weighted by Crippen LogP contribution is 2.22. The van der Waals surface area contributed by atoms with E-state index in [1.807, 2.05) is 24.3 Å². The molecule has 0 bridgehead atoms. The first-order chi connectivity index (χ1) is 8.86. The minimum Gasteiger partial charge on any atom is -0.496 e. The molecular formula is C14H19NO4. The number of carbonyl (C=O) groups excluding carboxylic acids is 1. The highest BCUT2D eigenvalue weighted by Gasteiger charge is 2.30. The lowest BCUT2D eigenvalue weighted by Gasteiger charge is -2.21. The van der Waals surface area contributed by atoms with Crippen molar-refractivity contribution in [3.63, 3.8) is 0 Å². The lowest BCUT2D eigenvalue weighted by molar-refractivity contribution is -0.144. The van der Waals surface area contributed by atoms with E-state index >= 15 is 0 Å². The van der Waals surface area contributed by atoms with E-state index in [0.717, 1.165) is 5.56 Å². The van der Waals surface area contributed by atoms with Crippen LogP contribution in [-0.4, -0.2) is 24.1 Å². The van der Waals surface area contributed by atoms with Crippen LogP contribution in [0.4, 0.5) is 0 Å². The van der Waals surface area contributed by atoms with Crippen LogP contribution in [0.3, 0.4) is 0 Å². The van der Waals surface area contributed by atoms with Crippen molar-refractivity contribution >= 4 is 11.9 Å². The van der Waals surface area contributed by atoms with Crippen LogP contribution >= 0.6 is 0 Å². The van der Waals surface area contributed by atoms with Gasteiger partial charge in [0, 0.05) is 12.1 Å². The van der Waals surface area contributed by atoms with E-state index in [4.69, 9.17) is 9.84 Å². The average Bonchev–Trinajstić information content (AvgIpc) is 2.34. The van der Waals surface area contributed by atoms with E-state index in [0.29, 0.717) is 12.3 Å². The first-order valence-corrected chi connectivity index (χ1v) is 5.99. The summed E-state index contributed by atoms with van der Waals surface area (Å²) in [5.41, 5.74) is -0.0853. The number of carboxylic acids is 1. The summed E-state index contributed by atoms with van der Waals surface area (Å²) in [6.07, 6.45) is -0.204. The molecule has 1 amide bonds. The Labute approximate surface area is 112 Å². The van der Waals surface area contributed by atoms with Gasteiger partial charge in [-0.05, 0) is 6.07 Å². The summed E-state index contributed by atoms with van der Waals surface area (Å²) in [6, 6.07) is 7.36. The van der Waals surface area contributed by atoms with E-state index in [1.165, 1.54) is 0 Å². The third-order valence-corrected chi connectivity index (χ3v) is 2.84. The minimum absolute atomic E-state index is 0.204. The van der Waals surface area contributed by atoms with Gasteiger partial charge in [-0.1, -0.05) is 32.0 Å². The summed E-state index contributed by atoms with van der Waals surface area (Å²) >= 11 is 0. The average molecular weight is 265 g/mol. The predicted octanol–water partition coefficient (Wildman–Crippen LogP) is 1.81. The van der Waals surface area contributed by atoms with Gasteiger partial charge in [-0.15, -0.1) is 0 Å². The van der Waals surface area contributed by atoms with E-state index in [2.05, 4.69) is 5.32 Å². The number of ether oxygens (including phenoxy) is 1. The number of hydrogen-bond donors (Lipinski definition) is 2. The van der Waals surface area contributed by atoms with Crippen molar-refractivity contribution in [1.82, 2.24) is 5.32 Å². The van der Waals surface area contributed by atoms with Crippen LogP contribution in [0.1, 0.15) is 25.8 Å². The monoisotopic (exact) mass is 265 g/mol. The van der Waals surface area contributed by atoms with Crippen molar-refractivity contribution in [1.29, 1.82) is 0 Å². The molecule has 0 aliphatic heterocycles. The third kappa shape index (κ3) is 4.28. The topological polar surface area (TPSA) is 75.6 Å². The lowest BCUT2D eigenvalue weighted by Crippen LogP contribution is -2.38. The van der Waals surface area contributed by atoms with Gasteiger partial charge in [0.2, 0.25) is 5.91 Å². The lowest BCUT2D eigenvalue weighted by atomic mass is 9.88. The Morgan fingerprint density at radius 2 is 1.95 bits per heavy atom. The van der Waals surface area contributed by atoms with E-state index < -0.39 is 11.4 Å². The number of aliphatic carboxylic acids is 1. The summed E-state index contributed by atoms with van der Waals surface area (Å²) < 4.78 is 5.18. The standard InChI is InChI=1S/C14H19NO4/c1-14(2,8-12(16)17)13(18)15-9-10-6-4-5-7-11(10)19-3/h4-7H,8-9H2,1-3H3,(H,15,18)(H,16,17). The number of benzene rings is 1. The van der Waals surface area contributed by atoms with Crippen LogP contribution in [-0.2, 0) is 16.1 Å². The summed E-state index contributed by atoms with van der Waals surface area (Å²) in [6.45, 7) is 3.53. The molecule has 2 N–H and O–H groups in total. The molecule has 0 aromatic heterocycles. The quantitative estimate of drug-likeness (QED) is 0.822. The Morgan fingerprint density at radius 1 is 1.32 bits per heavy atom. The van der Waals surface area contributed by atoms with Gasteiger partial charge >= 0.3 is 5.97 Å². The second kappa shape index (κ2) is 6.22. The molecule has 0 unspecified atom stereocenters. The van der Waals surface area contributed by atoms with Crippen LogP contribution in [0, 0.1) is 5.41 Å². The third-order valence-electron chi connectivity index (χ3n) is 2.84. The Balaban J connectivity index is 2.66. The molecule has 0 saturated heterocycles. The summed E-state index contributed by atoms with van der Waals surface area (Å²) in [7, 11) is 1.56.